The van der Waals surface area contributed by atoms with Crippen molar-refractivity contribution >= 4 is 62.5 Å². The first-order valence-corrected chi connectivity index (χ1v) is 11.0. The van der Waals surface area contributed by atoms with E-state index in [1.165, 1.54) is 23.0 Å². The zero-order valence-electron chi connectivity index (χ0n) is 16.9. The van der Waals surface area contributed by atoms with E-state index in [1.54, 1.807) is 25.1 Å². The van der Waals surface area contributed by atoms with Gasteiger partial charge in [0.05, 0.1) is 16.3 Å². The first-order valence-electron chi connectivity index (χ1n) is 9.45. The van der Waals surface area contributed by atoms with E-state index in [9.17, 15) is 14.4 Å². The van der Waals surface area contributed by atoms with E-state index in [0.29, 0.717) is 15.2 Å². The highest BCUT2D eigenvalue weighted by Crippen LogP contribution is 2.28. The maximum Gasteiger partial charge on any atom is 0.274 e. The van der Waals surface area contributed by atoms with Crippen LogP contribution in [0.1, 0.15) is 26.4 Å². The fraction of sp³-hybridized carbons (Fsp3) is 0.150. The SMILES string of the molecule is Cc1cc(Cl)cc(C(=O)NC2CONC2=O)c1NC(=O)c1cc(Br)nn1-c1ncccc1Cl. The number of amides is 3. The molecule has 1 saturated heterocycles. The van der Waals surface area contributed by atoms with E-state index >= 15 is 0 Å². The number of aromatic nitrogens is 3. The maximum absolute atomic E-state index is 13.2. The Labute approximate surface area is 205 Å². The molecule has 4 rings (SSSR count). The normalized spacial score (nSPS) is 15.3. The number of hydrogen-bond donors (Lipinski definition) is 3. The summed E-state index contributed by atoms with van der Waals surface area (Å²) in [6.07, 6.45) is 1.52. The largest absolute Gasteiger partial charge is 0.338 e. The molecule has 3 aromatic rings. The van der Waals surface area contributed by atoms with Gasteiger partial charge in [0.15, 0.2) is 5.82 Å². The van der Waals surface area contributed by atoms with Gasteiger partial charge in [-0.1, -0.05) is 23.2 Å². The number of anilines is 1. The number of aryl methyl sites for hydroxylation is 1. The summed E-state index contributed by atoms with van der Waals surface area (Å²) >= 11 is 15.6. The molecular formula is C20H15BrCl2N6O4. The molecule has 2 aromatic heterocycles. The molecule has 3 heterocycles. The molecule has 1 atom stereocenters. The average Bonchev–Trinajstić information content (AvgIpc) is 3.35. The van der Waals surface area contributed by atoms with Crippen LogP contribution in [0.5, 0.6) is 0 Å². The Morgan fingerprint density at radius 2 is 2.06 bits per heavy atom. The third kappa shape index (κ3) is 4.86. The highest BCUT2D eigenvalue weighted by atomic mass is 79.9. The Balaban J connectivity index is 1.68. The molecule has 1 unspecified atom stereocenters. The van der Waals surface area contributed by atoms with E-state index in [1.807, 2.05) is 0 Å². The van der Waals surface area contributed by atoms with Crippen LogP contribution in [0.2, 0.25) is 10.0 Å². The van der Waals surface area contributed by atoms with Crippen LogP contribution in [0.4, 0.5) is 5.69 Å². The zero-order chi connectivity index (χ0) is 23.7. The molecule has 3 N–H and O–H groups in total. The van der Waals surface area contributed by atoms with Crippen molar-refractivity contribution in [2.75, 3.05) is 11.9 Å². The summed E-state index contributed by atoms with van der Waals surface area (Å²) in [6.45, 7) is 1.66. The number of hydroxylamine groups is 1. The fourth-order valence-electron chi connectivity index (χ4n) is 3.16. The molecule has 170 valence electrons. The second-order valence-corrected chi connectivity index (χ2v) is 8.63. The molecular weight excluding hydrogens is 539 g/mol. The third-order valence-corrected chi connectivity index (χ3v) is 5.58. The molecule has 33 heavy (non-hydrogen) atoms. The predicted octanol–water partition coefficient (Wildman–Crippen LogP) is 3.06. The summed E-state index contributed by atoms with van der Waals surface area (Å²) in [7, 11) is 0. The van der Waals surface area contributed by atoms with Crippen molar-refractivity contribution in [3.8, 4) is 5.82 Å². The number of rotatable bonds is 5. The van der Waals surface area contributed by atoms with Crippen LogP contribution < -0.4 is 16.1 Å². The third-order valence-electron chi connectivity index (χ3n) is 4.68. The van der Waals surface area contributed by atoms with Gasteiger partial charge in [-0.3, -0.25) is 19.2 Å². The van der Waals surface area contributed by atoms with Gasteiger partial charge < -0.3 is 10.6 Å². The molecule has 10 nitrogen and oxygen atoms in total. The molecule has 1 aliphatic rings. The smallest absolute Gasteiger partial charge is 0.274 e. The molecule has 1 fully saturated rings. The van der Waals surface area contributed by atoms with Crippen molar-refractivity contribution < 1.29 is 19.2 Å². The number of carbonyl (C=O) groups excluding carboxylic acids is 3. The standard InChI is InChI=1S/C20H15BrCl2N6O4/c1-9-5-10(22)6-11(18(30)25-13-8-33-28-19(13)31)16(9)26-20(32)14-7-15(21)27-29(14)17-12(23)3-2-4-24-17/h2-7,13H,8H2,1H3,(H,25,30)(H,26,32)(H,28,31). The predicted molar refractivity (Wildman–Crippen MR) is 124 cm³/mol. The van der Waals surface area contributed by atoms with E-state index < -0.39 is 23.8 Å². The van der Waals surface area contributed by atoms with Crippen molar-refractivity contribution in [3.63, 3.8) is 0 Å². The number of halogens is 3. The Morgan fingerprint density at radius 1 is 1.27 bits per heavy atom. The summed E-state index contributed by atoms with van der Waals surface area (Å²) in [5.41, 5.74) is 3.12. The summed E-state index contributed by atoms with van der Waals surface area (Å²) in [4.78, 5) is 46.9. The molecule has 13 heteroatoms. The van der Waals surface area contributed by atoms with Crippen molar-refractivity contribution in [1.29, 1.82) is 0 Å². The van der Waals surface area contributed by atoms with E-state index in [0.717, 1.165) is 0 Å². The molecule has 0 bridgehead atoms. The Bertz CT molecular complexity index is 1280. The molecule has 0 spiro atoms. The van der Waals surface area contributed by atoms with Crippen LogP contribution in [0.3, 0.4) is 0 Å². The van der Waals surface area contributed by atoms with Gasteiger partial charge in [0.1, 0.15) is 22.9 Å². The second kappa shape index (κ2) is 9.48. The van der Waals surface area contributed by atoms with Gasteiger partial charge in [-0.05, 0) is 52.7 Å². The average molecular weight is 554 g/mol. The van der Waals surface area contributed by atoms with Crippen LogP contribution in [0.15, 0.2) is 41.1 Å². The lowest BCUT2D eigenvalue weighted by Gasteiger charge is -2.16. The van der Waals surface area contributed by atoms with Gasteiger partial charge in [0.2, 0.25) is 0 Å². The molecule has 0 saturated carbocycles. The summed E-state index contributed by atoms with van der Waals surface area (Å²) in [6, 6.07) is 6.89. The lowest BCUT2D eigenvalue weighted by atomic mass is 10.1. The van der Waals surface area contributed by atoms with Gasteiger partial charge in [-0.2, -0.15) is 5.10 Å². The molecule has 1 aromatic carbocycles. The van der Waals surface area contributed by atoms with Gasteiger partial charge in [-0.25, -0.2) is 15.1 Å². The van der Waals surface area contributed by atoms with Crippen molar-refractivity contribution in [2.45, 2.75) is 13.0 Å². The fourth-order valence-corrected chi connectivity index (χ4v) is 4.01. The monoisotopic (exact) mass is 552 g/mol. The minimum Gasteiger partial charge on any atom is -0.338 e. The van der Waals surface area contributed by atoms with Crippen molar-refractivity contribution in [1.82, 2.24) is 25.6 Å². The number of hydrogen-bond acceptors (Lipinski definition) is 6. The molecule has 0 radical (unpaired) electrons. The minimum absolute atomic E-state index is 0.0239. The number of nitrogens with zero attached hydrogens (tertiary/aromatic N) is 3. The van der Waals surface area contributed by atoms with Crippen LogP contribution in [-0.4, -0.2) is 45.1 Å². The number of benzene rings is 1. The number of carbonyl (C=O) groups is 3. The lowest BCUT2D eigenvalue weighted by Crippen LogP contribution is -2.42. The summed E-state index contributed by atoms with van der Waals surface area (Å²) in [5.74, 6) is -1.40. The quantitative estimate of drug-likeness (QED) is 0.445. The number of nitrogens with one attached hydrogen (secondary N) is 3. The Morgan fingerprint density at radius 3 is 2.76 bits per heavy atom. The lowest BCUT2D eigenvalue weighted by molar-refractivity contribution is -0.125. The number of pyridine rings is 1. The van der Waals surface area contributed by atoms with Gasteiger partial charge in [0, 0.05) is 17.3 Å². The van der Waals surface area contributed by atoms with Gasteiger partial charge >= 0.3 is 0 Å². The molecule has 1 aliphatic heterocycles. The topological polar surface area (TPSA) is 127 Å². The molecule has 3 amide bonds. The molecule has 0 aliphatic carbocycles. The van der Waals surface area contributed by atoms with Gasteiger partial charge in [-0.15, -0.1) is 0 Å². The van der Waals surface area contributed by atoms with Crippen LogP contribution in [0, 0.1) is 6.92 Å². The van der Waals surface area contributed by atoms with Crippen molar-refractivity contribution in [2.24, 2.45) is 0 Å². The summed E-state index contributed by atoms with van der Waals surface area (Å²) in [5, 5.41) is 10.1. The maximum atomic E-state index is 13.2. The second-order valence-electron chi connectivity index (χ2n) is 6.98. The first-order chi connectivity index (χ1) is 15.7. The minimum atomic E-state index is -0.871. The van der Waals surface area contributed by atoms with Crippen molar-refractivity contribution in [3.05, 3.63) is 68.0 Å². The van der Waals surface area contributed by atoms with Gasteiger partial charge in [0.25, 0.3) is 17.7 Å². The Kier molecular flexibility index (Phi) is 6.66. The van der Waals surface area contributed by atoms with Crippen LogP contribution in [-0.2, 0) is 9.63 Å². The zero-order valence-corrected chi connectivity index (χ0v) is 20.0. The first kappa shape index (κ1) is 23.2. The van der Waals surface area contributed by atoms with E-state index in [2.05, 4.69) is 42.1 Å². The highest BCUT2D eigenvalue weighted by molar-refractivity contribution is 9.10. The summed E-state index contributed by atoms with van der Waals surface area (Å²) < 4.78 is 1.67. The van der Waals surface area contributed by atoms with Crippen LogP contribution >= 0.6 is 39.1 Å². The van der Waals surface area contributed by atoms with E-state index in [-0.39, 0.29) is 34.4 Å². The Hall–Kier alpha value is -2.99. The van der Waals surface area contributed by atoms with Crippen LogP contribution in [0.25, 0.3) is 5.82 Å². The highest BCUT2D eigenvalue weighted by Gasteiger charge is 2.29. The van der Waals surface area contributed by atoms with E-state index in [4.69, 9.17) is 28.0 Å².